The van der Waals surface area contributed by atoms with Gasteiger partial charge in [-0.2, -0.15) is 0 Å². The first-order chi connectivity index (χ1) is 25.3. The average Bonchev–Trinajstić information content (AvgIpc) is 3.73. The third-order valence-corrected chi connectivity index (χ3v) is 11.6. The van der Waals surface area contributed by atoms with E-state index in [1.165, 1.54) is 70.4 Å². The van der Waals surface area contributed by atoms with Crippen LogP contribution in [0.1, 0.15) is 22.3 Å². The zero-order chi connectivity index (χ0) is 33.8. The summed E-state index contributed by atoms with van der Waals surface area (Å²) in [6, 6.07) is 73.4. The number of rotatable bonds is 6. The molecule has 10 rings (SSSR count). The molecular formula is C49H33NS. The average molecular weight is 668 g/mol. The fraction of sp³-hybridized carbons (Fsp3) is 0.0204. The monoisotopic (exact) mass is 667 g/mol. The molecule has 1 nitrogen and oxygen atoms in total. The zero-order valence-corrected chi connectivity index (χ0v) is 28.7. The van der Waals surface area contributed by atoms with Crippen molar-refractivity contribution in [1.29, 1.82) is 0 Å². The van der Waals surface area contributed by atoms with Crippen molar-refractivity contribution < 1.29 is 0 Å². The number of thiophene rings is 1. The van der Waals surface area contributed by atoms with Crippen LogP contribution in [0, 0.1) is 0 Å². The molecule has 0 fully saturated rings. The molecule has 0 amide bonds. The van der Waals surface area contributed by atoms with E-state index in [9.17, 15) is 0 Å². The predicted octanol–water partition coefficient (Wildman–Crippen LogP) is 13.6. The van der Waals surface area contributed by atoms with Crippen molar-refractivity contribution in [2.75, 3.05) is 4.90 Å². The van der Waals surface area contributed by atoms with E-state index in [4.69, 9.17) is 0 Å². The van der Waals surface area contributed by atoms with Gasteiger partial charge in [-0.25, -0.2) is 0 Å². The van der Waals surface area contributed by atoms with Crippen LogP contribution in [-0.2, 0) is 5.41 Å². The number of hydrogen-bond acceptors (Lipinski definition) is 2. The van der Waals surface area contributed by atoms with Crippen LogP contribution in [0.25, 0.3) is 42.4 Å². The van der Waals surface area contributed by atoms with Crippen LogP contribution in [0.15, 0.2) is 200 Å². The van der Waals surface area contributed by atoms with Crippen LogP contribution in [0.5, 0.6) is 0 Å². The Morgan fingerprint density at radius 2 is 0.941 bits per heavy atom. The molecule has 9 aromatic rings. The molecule has 0 bridgehead atoms. The fourth-order valence-electron chi connectivity index (χ4n) is 8.42. The molecule has 51 heavy (non-hydrogen) atoms. The summed E-state index contributed by atoms with van der Waals surface area (Å²) in [6.45, 7) is 0. The Morgan fingerprint density at radius 3 is 1.55 bits per heavy atom. The highest BCUT2D eigenvalue weighted by Crippen LogP contribution is 2.62. The predicted molar refractivity (Wildman–Crippen MR) is 217 cm³/mol. The first-order valence-electron chi connectivity index (χ1n) is 17.5. The summed E-state index contributed by atoms with van der Waals surface area (Å²) in [6.07, 6.45) is 0. The maximum atomic E-state index is 2.52. The molecular weight excluding hydrogens is 635 g/mol. The molecule has 2 heteroatoms. The lowest BCUT2D eigenvalue weighted by Gasteiger charge is -2.34. The largest absolute Gasteiger partial charge is 0.309 e. The number of benzene rings is 8. The number of fused-ring (bicyclic) bond motifs is 6. The van der Waals surface area contributed by atoms with Gasteiger partial charge in [0.15, 0.2) is 0 Å². The molecule has 1 aliphatic rings. The Morgan fingerprint density at radius 1 is 0.412 bits per heavy atom. The number of para-hydroxylation sites is 2. The molecule has 0 radical (unpaired) electrons. The van der Waals surface area contributed by atoms with Crippen LogP contribution in [0.4, 0.5) is 17.1 Å². The van der Waals surface area contributed by atoms with Crippen LogP contribution in [0.3, 0.4) is 0 Å². The van der Waals surface area contributed by atoms with Gasteiger partial charge >= 0.3 is 0 Å². The van der Waals surface area contributed by atoms with Gasteiger partial charge in [-0.05, 0) is 75.3 Å². The van der Waals surface area contributed by atoms with Gasteiger partial charge in [-0.1, -0.05) is 164 Å². The summed E-state index contributed by atoms with van der Waals surface area (Å²) in [4.78, 5) is 2.50. The lowest BCUT2D eigenvalue weighted by atomic mass is 9.67. The van der Waals surface area contributed by atoms with E-state index >= 15 is 0 Å². The van der Waals surface area contributed by atoms with Crippen molar-refractivity contribution in [1.82, 2.24) is 0 Å². The van der Waals surface area contributed by atoms with Crippen LogP contribution >= 0.6 is 11.3 Å². The van der Waals surface area contributed by atoms with Crippen molar-refractivity contribution in [3.05, 3.63) is 222 Å². The van der Waals surface area contributed by atoms with E-state index in [0.717, 1.165) is 11.4 Å². The maximum Gasteiger partial charge on any atom is 0.0714 e. The first kappa shape index (κ1) is 29.7. The Balaban J connectivity index is 1.41. The van der Waals surface area contributed by atoms with Crippen LogP contribution < -0.4 is 4.90 Å². The zero-order valence-electron chi connectivity index (χ0n) is 27.9. The lowest BCUT2D eigenvalue weighted by molar-refractivity contribution is 0.770. The first-order valence-corrected chi connectivity index (χ1v) is 18.3. The van der Waals surface area contributed by atoms with Crippen molar-refractivity contribution in [3.8, 4) is 22.3 Å². The minimum atomic E-state index is -0.512. The van der Waals surface area contributed by atoms with E-state index in [1.807, 2.05) is 11.3 Å². The molecule has 1 aliphatic carbocycles. The number of hydrogen-bond donors (Lipinski definition) is 0. The van der Waals surface area contributed by atoms with Gasteiger partial charge in [-0.15, -0.1) is 11.3 Å². The van der Waals surface area contributed by atoms with E-state index in [-0.39, 0.29) is 0 Å². The lowest BCUT2D eigenvalue weighted by Crippen LogP contribution is -2.28. The smallest absolute Gasteiger partial charge is 0.0714 e. The molecule has 0 saturated carbocycles. The minimum Gasteiger partial charge on any atom is -0.309 e. The second-order valence-electron chi connectivity index (χ2n) is 13.2. The van der Waals surface area contributed by atoms with Gasteiger partial charge in [0.05, 0.1) is 11.1 Å². The van der Waals surface area contributed by atoms with Gasteiger partial charge in [0.2, 0.25) is 0 Å². The summed E-state index contributed by atoms with van der Waals surface area (Å²) >= 11 is 1.90. The second-order valence-corrected chi connectivity index (χ2v) is 14.3. The third-order valence-electron chi connectivity index (χ3n) is 10.5. The third kappa shape index (κ3) is 4.54. The van der Waals surface area contributed by atoms with Crippen LogP contribution in [-0.4, -0.2) is 0 Å². The van der Waals surface area contributed by atoms with E-state index in [1.54, 1.807) is 0 Å². The molecule has 240 valence electrons. The van der Waals surface area contributed by atoms with Crippen molar-refractivity contribution >= 4 is 48.6 Å². The summed E-state index contributed by atoms with van der Waals surface area (Å²) in [5.41, 5.74) is 13.2. The molecule has 0 aliphatic heterocycles. The maximum absolute atomic E-state index is 2.52. The molecule has 1 aromatic heterocycles. The Bertz CT molecular complexity index is 2580. The molecule has 1 heterocycles. The van der Waals surface area contributed by atoms with E-state index in [2.05, 4.69) is 205 Å². The molecule has 0 atom stereocenters. The van der Waals surface area contributed by atoms with Crippen molar-refractivity contribution in [3.63, 3.8) is 0 Å². The van der Waals surface area contributed by atoms with Gasteiger partial charge in [-0.3, -0.25) is 0 Å². The fourth-order valence-corrected chi connectivity index (χ4v) is 9.61. The Hall–Kier alpha value is -6.22. The van der Waals surface area contributed by atoms with Gasteiger partial charge in [0, 0.05) is 37.1 Å². The molecule has 8 aromatic carbocycles. The highest BCUT2D eigenvalue weighted by atomic mass is 32.1. The molecule has 0 N–H and O–H groups in total. The van der Waals surface area contributed by atoms with Gasteiger partial charge < -0.3 is 4.90 Å². The summed E-state index contributed by atoms with van der Waals surface area (Å²) in [5.74, 6) is 0. The number of anilines is 3. The quantitative estimate of drug-likeness (QED) is 0.171. The Labute approximate surface area is 302 Å². The van der Waals surface area contributed by atoms with E-state index in [0.29, 0.717) is 0 Å². The van der Waals surface area contributed by atoms with Crippen LogP contribution in [0.2, 0.25) is 0 Å². The summed E-state index contributed by atoms with van der Waals surface area (Å²) in [5, 5.41) is 2.56. The number of nitrogens with zero attached hydrogens (tertiary/aromatic N) is 1. The highest BCUT2D eigenvalue weighted by molar-refractivity contribution is 7.26. The Kier molecular flexibility index (Phi) is 6.97. The molecule has 0 unspecified atom stereocenters. The van der Waals surface area contributed by atoms with Crippen molar-refractivity contribution in [2.24, 2.45) is 0 Å². The second kappa shape index (κ2) is 12.0. The van der Waals surface area contributed by atoms with Crippen molar-refractivity contribution in [2.45, 2.75) is 5.41 Å². The molecule has 0 spiro atoms. The molecule has 0 saturated heterocycles. The standard InChI is InChI=1S/C49H33NS/c1-6-18-34(19-7-1)35-30-31-41-44(32-35)51-45-33-43-46(48(47(41)45)50(38-24-12-4-13-25-38)39-26-14-5-15-27-39)40-28-16-17-29-42(40)49(43,36-20-8-2-9-21-36)37-22-10-3-11-23-37/h1-33H. The van der Waals surface area contributed by atoms with E-state index < -0.39 is 5.41 Å². The highest BCUT2D eigenvalue weighted by Gasteiger charge is 2.48. The SMILES string of the molecule is c1ccc(-c2ccc3c(c2)sc2cc4c(c(N(c5ccccc5)c5ccccc5)c23)-c2ccccc2C4(c2ccccc2)c2ccccc2)cc1. The normalized spacial score (nSPS) is 12.9. The summed E-state index contributed by atoms with van der Waals surface area (Å²) < 4.78 is 2.57. The van der Waals surface area contributed by atoms with Gasteiger partial charge in [0.1, 0.15) is 0 Å². The summed E-state index contributed by atoms with van der Waals surface area (Å²) in [7, 11) is 0. The topological polar surface area (TPSA) is 3.24 Å². The minimum absolute atomic E-state index is 0.512. The van der Waals surface area contributed by atoms with Gasteiger partial charge in [0.25, 0.3) is 0 Å².